The summed E-state index contributed by atoms with van der Waals surface area (Å²) in [5.41, 5.74) is 0.714. The van der Waals surface area contributed by atoms with Gasteiger partial charge in [-0.05, 0) is 31.0 Å². The van der Waals surface area contributed by atoms with E-state index in [1.807, 2.05) is 0 Å². The maximum atomic E-state index is 12.1. The number of nitrogens with zero attached hydrogens (tertiary/aromatic N) is 1. The van der Waals surface area contributed by atoms with Gasteiger partial charge in [0.1, 0.15) is 6.04 Å². The lowest BCUT2D eigenvalue weighted by atomic mass is 10.1. The van der Waals surface area contributed by atoms with Gasteiger partial charge in [0.05, 0.1) is 6.04 Å². The zero-order chi connectivity index (χ0) is 16.2. The third-order valence-electron chi connectivity index (χ3n) is 3.23. The number of urea groups is 1. The summed E-state index contributed by atoms with van der Waals surface area (Å²) in [6.45, 7) is 3.48. The first kappa shape index (κ1) is 17.6. The minimum atomic E-state index is -1.03. The molecule has 0 aliphatic rings. The van der Waals surface area contributed by atoms with E-state index in [0.29, 0.717) is 22.0 Å². The summed E-state index contributed by atoms with van der Waals surface area (Å²) in [5.74, 6) is -1.03. The summed E-state index contributed by atoms with van der Waals surface area (Å²) in [6.07, 6.45) is 0.329. The van der Waals surface area contributed by atoms with Crippen molar-refractivity contribution in [3.63, 3.8) is 0 Å². The zero-order valence-electron chi connectivity index (χ0n) is 12.1. The molecule has 21 heavy (non-hydrogen) atoms. The Kier molecular flexibility index (Phi) is 6.30. The predicted octanol–water partition coefficient (Wildman–Crippen LogP) is 3.56. The Morgan fingerprint density at radius 1 is 1.38 bits per heavy atom. The minimum absolute atomic E-state index is 0.329. The highest BCUT2D eigenvalue weighted by Crippen LogP contribution is 2.26. The molecule has 7 heteroatoms. The monoisotopic (exact) mass is 332 g/mol. The highest BCUT2D eigenvalue weighted by Gasteiger charge is 2.25. The summed E-state index contributed by atoms with van der Waals surface area (Å²) in [5, 5.41) is 12.7. The molecule has 0 saturated heterocycles. The molecule has 0 spiro atoms. The Labute approximate surface area is 133 Å². The normalized spacial score (nSPS) is 13.4. The number of carbonyl (C=O) groups is 2. The van der Waals surface area contributed by atoms with Crippen LogP contribution < -0.4 is 5.32 Å². The fourth-order valence-electron chi connectivity index (χ4n) is 1.97. The molecule has 1 aromatic carbocycles. The molecule has 2 atom stereocenters. The Morgan fingerprint density at radius 3 is 2.48 bits per heavy atom. The van der Waals surface area contributed by atoms with Crippen molar-refractivity contribution in [1.82, 2.24) is 10.2 Å². The molecular formula is C14H18Cl2N2O3. The van der Waals surface area contributed by atoms with Crippen molar-refractivity contribution in [2.75, 3.05) is 7.05 Å². The average Bonchev–Trinajstić information content (AvgIpc) is 2.38. The molecule has 5 nitrogen and oxygen atoms in total. The molecular weight excluding hydrogens is 315 g/mol. The number of carboxylic acids is 1. The summed E-state index contributed by atoms with van der Waals surface area (Å²) < 4.78 is 0. The van der Waals surface area contributed by atoms with Gasteiger partial charge in [-0.1, -0.05) is 36.2 Å². The van der Waals surface area contributed by atoms with Crippen LogP contribution in [0.5, 0.6) is 0 Å². The number of carboxylic acid groups (broad SMARTS) is 1. The average molecular weight is 333 g/mol. The molecule has 0 bridgehead atoms. The number of aliphatic carboxylic acids is 1. The van der Waals surface area contributed by atoms with Crippen molar-refractivity contribution in [3.8, 4) is 0 Å². The van der Waals surface area contributed by atoms with Crippen LogP contribution in [0.25, 0.3) is 0 Å². The molecule has 0 radical (unpaired) electrons. The van der Waals surface area contributed by atoms with Crippen molar-refractivity contribution in [2.45, 2.75) is 32.4 Å². The van der Waals surface area contributed by atoms with Gasteiger partial charge in [-0.2, -0.15) is 0 Å². The number of halogens is 2. The number of amides is 2. The van der Waals surface area contributed by atoms with Gasteiger partial charge in [0, 0.05) is 17.1 Å². The van der Waals surface area contributed by atoms with E-state index in [1.54, 1.807) is 32.0 Å². The quantitative estimate of drug-likeness (QED) is 0.866. The first-order valence-corrected chi connectivity index (χ1v) is 7.24. The summed E-state index contributed by atoms with van der Waals surface area (Å²) >= 11 is 11.9. The molecule has 0 aliphatic carbocycles. The maximum Gasteiger partial charge on any atom is 0.326 e. The van der Waals surface area contributed by atoms with Gasteiger partial charge >= 0.3 is 12.0 Å². The number of carbonyl (C=O) groups excluding carboxylic acids is 1. The van der Waals surface area contributed by atoms with Gasteiger partial charge in [0.2, 0.25) is 0 Å². The van der Waals surface area contributed by atoms with Crippen molar-refractivity contribution in [2.24, 2.45) is 0 Å². The van der Waals surface area contributed by atoms with Gasteiger partial charge in [0.15, 0.2) is 0 Å². The van der Waals surface area contributed by atoms with Crippen molar-refractivity contribution in [1.29, 1.82) is 0 Å². The summed E-state index contributed by atoms with van der Waals surface area (Å²) in [4.78, 5) is 24.3. The lowest BCUT2D eigenvalue weighted by Crippen LogP contribution is -2.47. The predicted molar refractivity (Wildman–Crippen MR) is 82.9 cm³/mol. The first-order chi connectivity index (χ1) is 9.77. The lowest BCUT2D eigenvalue weighted by Gasteiger charge is -2.26. The molecule has 0 saturated carbocycles. The molecule has 0 aromatic heterocycles. The second-order valence-electron chi connectivity index (χ2n) is 4.71. The highest BCUT2D eigenvalue weighted by molar-refractivity contribution is 6.35. The summed E-state index contributed by atoms with van der Waals surface area (Å²) in [6, 6.07) is 3.30. The van der Waals surface area contributed by atoms with Crippen LogP contribution in [-0.4, -0.2) is 35.1 Å². The van der Waals surface area contributed by atoms with E-state index < -0.39 is 18.0 Å². The fraction of sp³-hybridized carbons (Fsp3) is 0.429. The number of likely N-dealkylation sites (N-methyl/N-ethyl adjacent to an activating group) is 1. The third-order valence-corrected chi connectivity index (χ3v) is 3.79. The van der Waals surface area contributed by atoms with Crippen LogP contribution >= 0.6 is 23.2 Å². The van der Waals surface area contributed by atoms with Gasteiger partial charge < -0.3 is 15.3 Å². The largest absolute Gasteiger partial charge is 0.480 e. The maximum absolute atomic E-state index is 12.1. The second-order valence-corrected chi connectivity index (χ2v) is 5.55. The molecule has 0 aliphatic heterocycles. The second kappa shape index (κ2) is 7.52. The van der Waals surface area contributed by atoms with Crippen LogP contribution in [0, 0.1) is 0 Å². The number of hydrogen-bond acceptors (Lipinski definition) is 2. The molecule has 116 valence electrons. The van der Waals surface area contributed by atoms with E-state index in [9.17, 15) is 9.59 Å². The van der Waals surface area contributed by atoms with Gasteiger partial charge in [-0.25, -0.2) is 9.59 Å². The number of nitrogens with one attached hydrogen (secondary N) is 1. The molecule has 0 fully saturated rings. The lowest BCUT2D eigenvalue weighted by molar-refractivity contribution is -0.141. The van der Waals surface area contributed by atoms with Gasteiger partial charge in [-0.15, -0.1) is 0 Å². The smallest absolute Gasteiger partial charge is 0.326 e. The SMILES string of the molecule is CCC(C(=O)O)N(C)C(=O)NC(C)c1ccc(Cl)cc1Cl. The number of rotatable bonds is 5. The van der Waals surface area contributed by atoms with E-state index in [2.05, 4.69) is 5.32 Å². The summed E-state index contributed by atoms with van der Waals surface area (Å²) in [7, 11) is 1.45. The standard InChI is InChI=1S/C14H18Cl2N2O3/c1-4-12(13(19)20)18(3)14(21)17-8(2)10-6-5-9(15)7-11(10)16/h5-8,12H,4H2,1-3H3,(H,17,21)(H,19,20). The zero-order valence-corrected chi connectivity index (χ0v) is 13.6. The third kappa shape index (κ3) is 4.51. The topological polar surface area (TPSA) is 69.6 Å². The molecule has 2 N–H and O–H groups in total. The fourth-order valence-corrected chi connectivity index (χ4v) is 2.55. The van der Waals surface area contributed by atoms with Crippen LogP contribution in [0.1, 0.15) is 31.9 Å². The van der Waals surface area contributed by atoms with E-state index in [4.69, 9.17) is 28.3 Å². The number of hydrogen-bond donors (Lipinski definition) is 2. The highest BCUT2D eigenvalue weighted by atomic mass is 35.5. The van der Waals surface area contributed by atoms with Crippen LogP contribution in [0.3, 0.4) is 0 Å². The van der Waals surface area contributed by atoms with Crippen LogP contribution in [0.15, 0.2) is 18.2 Å². The van der Waals surface area contributed by atoms with E-state index >= 15 is 0 Å². The Morgan fingerprint density at radius 2 is 2.00 bits per heavy atom. The molecule has 1 rings (SSSR count). The molecule has 0 heterocycles. The minimum Gasteiger partial charge on any atom is -0.480 e. The van der Waals surface area contributed by atoms with Crippen molar-refractivity contribution >= 4 is 35.2 Å². The van der Waals surface area contributed by atoms with Crippen LogP contribution in [0.4, 0.5) is 4.79 Å². The van der Waals surface area contributed by atoms with Crippen molar-refractivity contribution < 1.29 is 14.7 Å². The van der Waals surface area contributed by atoms with E-state index in [0.717, 1.165) is 0 Å². The van der Waals surface area contributed by atoms with Gasteiger partial charge in [-0.3, -0.25) is 0 Å². The molecule has 2 unspecified atom stereocenters. The Hall–Kier alpha value is -1.46. The number of benzene rings is 1. The van der Waals surface area contributed by atoms with E-state index in [-0.39, 0.29) is 6.04 Å². The Bertz CT molecular complexity index is 537. The first-order valence-electron chi connectivity index (χ1n) is 6.49. The van der Waals surface area contributed by atoms with Crippen molar-refractivity contribution in [3.05, 3.63) is 33.8 Å². The molecule has 1 aromatic rings. The van der Waals surface area contributed by atoms with Gasteiger partial charge in [0.25, 0.3) is 0 Å². The Balaban J connectivity index is 2.80. The van der Waals surface area contributed by atoms with Crippen LogP contribution in [0.2, 0.25) is 10.0 Å². The molecule has 2 amide bonds. The van der Waals surface area contributed by atoms with Crippen LogP contribution in [-0.2, 0) is 4.79 Å². The van der Waals surface area contributed by atoms with E-state index in [1.165, 1.54) is 11.9 Å².